The molecule has 1 aromatic heterocycles. The van der Waals surface area contributed by atoms with E-state index in [1.165, 1.54) is 17.5 Å². The van der Waals surface area contributed by atoms with Gasteiger partial charge in [-0.3, -0.25) is 9.79 Å². The van der Waals surface area contributed by atoms with Crippen LogP contribution in [0.4, 0.5) is 0 Å². The second-order valence-electron chi connectivity index (χ2n) is 5.10. The molecule has 0 spiro atoms. The molecule has 1 atom stereocenters. The molecule has 0 aliphatic heterocycles. The maximum absolute atomic E-state index is 12.4. The van der Waals surface area contributed by atoms with Gasteiger partial charge in [-0.15, -0.1) is 11.3 Å². The molecule has 1 heterocycles. The molecule has 0 aliphatic rings. The normalized spacial score (nSPS) is 13.2. The quantitative estimate of drug-likeness (QED) is 0.659. The first kappa shape index (κ1) is 17.8. The topological polar surface area (TPSA) is 106 Å². The van der Waals surface area contributed by atoms with Crippen LogP contribution in [0.5, 0.6) is 0 Å². The van der Waals surface area contributed by atoms with Gasteiger partial charge >= 0.3 is 0 Å². The molecule has 5 N–H and O–H groups in total. The van der Waals surface area contributed by atoms with Crippen molar-refractivity contribution >= 4 is 23.0 Å². The summed E-state index contributed by atoms with van der Waals surface area (Å²) in [6, 6.07) is 9.77. The fraction of sp³-hybridized carbons (Fsp3) is 0.235. The Hall–Kier alpha value is -2.51. The molecule has 126 valence electrons. The van der Waals surface area contributed by atoms with E-state index in [9.17, 15) is 4.79 Å². The molecule has 0 bridgehead atoms. The zero-order valence-electron chi connectivity index (χ0n) is 13.5. The monoisotopic (exact) mass is 343 g/mol. The van der Waals surface area contributed by atoms with Gasteiger partial charge in [0.1, 0.15) is 5.69 Å². The van der Waals surface area contributed by atoms with Gasteiger partial charge in [0.05, 0.1) is 5.71 Å². The first-order valence-corrected chi connectivity index (χ1v) is 8.41. The average Bonchev–Trinajstić information content (AvgIpc) is 3.10. The Balaban J connectivity index is 2.04. The Kier molecular flexibility index (Phi) is 6.65. The lowest BCUT2D eigenvalue weighted by Crippen LogP contribution is -2.41. The van der Waals surface area contributed by atoms with E-state index in [1.54, 1.807) is 18.5 Å². The highest BCUT2D eigenvalue weighted by Crippen LogP contribution is 2.12. The van der Waals surface area contributed by atoms with Crippen molar-refractivity contribution in [2.45, 2.75) is 12.5 Å². The second-order valence-corrected chi connectivity index (χ2v) is 5.96. The Bertz CT molecular complexity index is 724. The number of rotatable bonds is 7. The van der Waals surface area contributed by atoms with E-state index < -0.39 is 0 Å². The number of carbonyl (C=O) groups excluding carboxylic acids is 1. The molecule has 2 rings (SSSR count). The Morgan fingerprint density at radius 3 is 2.79 bits per heavy atom. The molecule has 6 nitrogen and oxygen atoms in total. The van der Waals surface area contributed by atoms with Crippen molar-refractivity contribution in [1.29, 1.82) is 0 Å². The first-order valence-electron chi connectivity index (χ1n) is 7.53. The number of hydrogen-bond donors (Lipinski definition) is 3. The molecule has 1 aromatic carbocycles. The molecule has 0 aliphatic carbocycles. The molecule has 0 saturated heterocycles. The predicted molar refractivity (Wildman–Crippen MR) is 98.4 cm³/mol. The zero-order chi connectivity index (χ0) is 17.4. The lowest BCUT2D eigenvalue weighted by atomic mass is 10.1. The van der Waals surface area contributed by atoms with Crippen molar-refractivity contribution in [3.63, 3.8) is 0 Å². The number of allylic oxidation sites excluding steroid dienone is 1. The number of nitrogens with one attached hydrogen (secondary N) is 1. The Morgan fingerprint density at radius 1 is 1.42 bits per heavy atom. The molecule has 0 radical (unpaired) electrons. The van der Waals surface area contributed by atoms with Gasteiger partial charge in [0, 0.05) is 25.0 Å². The lowest BCUT2D eigenvalue weighted by Gasteiger charge is -2.16. The fourth-order valence-corrected chi connectivity index (χ4v) is 2.91. The molecule has 0 fully saturated rings. The van der Waals surface area contributed by atoms with Crippen LogP contribution in [0.2, 0.25) is 0 Å². The van der Waals surface area contributed by atoms with E-state index in [4.69, 9.17) is 11.5 Å². The number of aliphatic imine (C=N–C) groups is 1. The zero-order valence-corrected chi connectivity index (χ0v) is 14.3. The minimum absolute atomic E-state index is 0.143. The predicted octanol–water partition coefficient (Wildman–Crippen LogP) is 1.33. The highest BCUT2D eigenvalue weighted by molar-refractivity contribution is 7.11. The SMILES string of the molecule is CN=C(C=CN)c1csc(C(=O)NC(CN)Cc2ccccc2)n1. The summed E-state index contributed by atoms with van der Waals surface area (Å²) in [7, 11) is 1.65. The van der Waals surface area contributed by atoms with E-state index in [0.29, 0.717) is 29.4 Å². The third-order valence-electron chi connectivity index (χ3n) is 3.40. The minimum Gasteiger partial charge on any atom is -0.405 e. The molecule has 2 aromatic rings. The molecule has 24 heavy (non-hydrogen) atoms. The molecule has 1 amide bonds. The van der Waals surface area contributed by atoms with Gasteiger partial charge < -0.3 is 16.8 Å². The lowest BCUT2D eigenvalue weighted by molar-refractivity contribution is 0.0937. The summed E-state index contributed by atoms with van der Waals surface area (Å²) in [6.45, 7) is 0.358. The van der Waals surface area contributed by atoms with Crippen LogP contribution in [-0.4, -0.2) is 36.2 Å². The minimum atomic E-state index is -0.232. The van der Waals surface area contributed by atoms with E-state index >= 15 is 0 Å². The molecular weight excluding hydrogens is 322 g/mol. The summed E-state index contributed by atoms with van der Waals surface area (Å²) in [4.78, 5) is 20.8. The van der Waals surface area contributed by atoms with Crippen LogP contribution in [0.3, 0.4) is 0 Å². The number of benzene rings is 1. The standard InChI is InChI=1S/C17H21N5OS/c1-20-14(7-8-18)15-11-24-17(22-15)16(23)21-13(10-19)9-12-5-3-2-4-6-12/h2-8,11,13H,9-10,18-19H2,1H3,(H,21,23). The maximum atomic E-state index is 12.4. The number of nitrogens with two attached hydrogens (primary N) is 2. The summed E-state index contributed by atoms with van der Waals surface area (Å²) in [5, 5.41) is 5.10. The summed E-state index contributed by atoms with van der Waals surface area (Å²) >= 11 is 1.27. The van der Waals surface area contributed by atoms with Gasteiger partial charge in [0.15, 0.2) is 5.01 Å². The molecule has 1 unspecified atom stereocenters. The van der Waals surface area contributed by atoms with Gasteiger partial charge in [-0.2, -0.15) is 0 Å². The van der Waals surface area contributed by atoms with Crippen LogP contribution in [0, 0.1) is 0 Å². The average molecular weight is 343 g/mol. The number of nitrogens with zero attached hydrogens (tertiary/aromatic N) is 2. The van der Waals surface area contributed by atoms with Crippen molar-refractivity contribution < 1.29 is 4.79 Å². The largest absolute Gasteiger partial charge is 0.405 e. The second kappa shape index (κ2) is 8.95. The number of amides is 1. The van der Waals surface area contributed by atoms with Crippen LogP contribution >= 0.6 is 11.3 Å². The van der Waals surface area contributed by atoms with Gasteiger partial charge in [-0.05, 0) is 24.3 Å². The van der Waals surface area contributed by atoms with E-state index in [1.807, 2.05) is 30.3 Å². The van der Waals surface area contributed by atoms with Gasteiger partial charge in [-0.25, -0.2) is 4.98 Å². The van der Waals surface area contributed by atoms with E-state index in [0.717, 1.165) is 5.56 Å². The van der Waals surface area contributed by atoms with Crippen LogP contribution in [0.15, 0.2) is 53.0 Å². The van der Waals surface area contributed by atoms with Crippen molar-refractivity contribution in [3.8, 4) is 0 Å². The Labute approximate surface area is 145 Å². The first-order chi connectivity index (χ1) is 11.7. The molecule has 0 saturated carbocycles. The third kappa shape index (κ3) is 4.74. The van der Waals surface area contributed by atoms with Crippen LogP contribution < -0.4 is 16.8 Å². The highest BCUT2D eigenvalue weighted by Gasteiger charge is 2.17. The smallest absolute Gasteiger partial charge is 0.280 e. The third-order valence-corrected chi connectivity index (χ3v) is 4.24. The van der Waals surface area contributed by atoms with Gasteiger partial charge in [0.25, 0.3) is 5.91 Å². The van der Waals surface area contributed by atoms with Crippen LogP contribution in [-0.2, 0) is 6.42 Å². The molecule has 7 heteroatoms. The summed E-state index contributed by atoms with van der Waals surface area (Å²) < 4.78 is 0. The maximum Gasteiger partial charge on any atom is 0.280 e. The number of hydrogen-bond acceptors (Lipinski definition) is 6. The van der Waals surface area contributed by atoms with Gasteiger partial charge in [-0.1, -0.05) is 30.3 Å². The van der Waals surface area contributed by atoms with Crippen molar-refractivity contribution in [1.82, 2.24) is 10.3 Å². The summed E-state index contributed by atoms with van der Waals surface area (Å²) in [5.74, 6) is -0.232. The Morgan fingerprint density at radius 2 is 2.17 bits per heavy atom. The van der Waals surface area contributed by atoms with Crippen molar-refractivity contribution in [2.75, 3.05) is 13.6 Å². The van der Waals surface area contributed by atoms with Crippen molar-refractivity contribution in [2.24, 2.45) is 16.5 Å². The van der Waals surface area contributed by atoms with Crippen LogP contribution in [0.25, 0.3) is 0 Å². The molecular formula is C17H21N5OS. The summed E-state index contributed by atoms with van der Waals surface area (Å²) in [5.41, 5.74) is 13.6. The number of aromatic nitrogens is 1. The summed E-state index contributed by atoms with van der Waals surface area (Å²) in [6.07, 6.45) is 3.72. The number of thiazole rings is 1. The number of carbonyl (C=O) groups is 1. The van der Waals surface area contributed by atoms with E-state index in [-0.39, 0.29) is 11.9 Å². The fourth-order valence-electron chi connectivity index (χ4n) is 2.20. The van der Waals surface area contributed by atoms with Crippen LogP contribution in [0.1, 0.15) is 21.1 Å². The highest BCUT2D eigenvalue weighted by atomic mass is 32.1. The van der Waals surface area contributed by atoms with E-state index in [2.05, 4.69) is 15.3 Å². The van der Waals surface area contributed by atoms with Crippen molar-refractivity contribution in [3.05, 3.63) is 64.3 Å². The van der Waals surface area contributed by atoms with Gasteiger partial charge in [0.2, 0.25) is 0 Å².